The second kappa shape index (κ2) is 5.11. The predicted molar refractivity (Wildman–Crippen MR) is 81.7 cm³/mol. The number of rotatable bonds is 2. The molecule has 0 saturated carbocycles. The van der Waals surface area contributed by atoms with Gasteiger partial charge in [0.1, 0.15) is 16.7 Å². The number of aliphatic hydroxyl groups is 1. The van der Waals surface area contributed by atoms with Crippen LogP contribution in [0.5, 0.6) is 5.75 Å². The van der Waals surface area contributed by atoms with Crippen LogP contribution >= 0.6 is 0 Å². The molecule has 1 unspecified atom stereocenters. The van der Waals surface area contributed by atoms with Crippen molar-refractivity contribution in [2.45, 2.75) is 36.3 Å². The quantitative estimate of drug-likeness (QED) is 0.871. The maximum absolute atomic E-state index is 13.0. The van der Waals surface area contributed by atoms with E-state index in [0.29, 0.717) is 24.5 Å². The molecule has 120 valence electrons. The van der Waals surface area contributed by atoms with E-state index in [0.717, 1.165) is 25.8 Å². The van der Waals surface area contributed by atoms with Crippen LogP contribution in [-0.2, 0) is 10.0 Å². The Balaban J connectivity index is 1.88. The average Bonchev–Trinajstić information content (AvgIpc) is 3.13. The molecule has 2 saturated heterocycles. The van der Waals surface area contributed by atoms with Crippen molar-refractivity contribution in [3.8, 4) is 5.75 Å². The first-order valence-corrected chi connectivity index (χ1v) is 9.22. The van der Waals surface area contributed by atoms with E-state index in [4.69, 9.17) is 4.74 Å². The molecule has 2 bridgehead atoms. The molecular formula is C15H20N2O4S. The molecule has 3 aliphatic heterocycles. The summed E-state index contributed by atoms with van der Waals surface area (Å²) in [6, 6.07) is 5.39. The Morgan fingerprint density at radius 3 is 2.95 bits per heavy atom. The smallest absolute Gasteiger partial charge is 0.248 e. The van der Waals surface area contributed by atoms with Crippen molar-refractivity contribution in [2.75, 3.05) is 31.1 Å². The van der Waals surface area contributed by atoms with Gasteiger partial charge in [0.25, 0.3) is 0 Å². The number of fused-ring (bicyclic) bond motifs is 3. The molecule has 7 heteroatoms. The van der Waals surface area contributed by atoms with Gasteiger partial charge in [-0.1, -0.05) is 6.07 Å². The van der Waals surface area contributed by atoms with E-state index < -0.39 is 10.0 Å². The highest BCUT2D eigenvalue weighted by atomic mass is 32.2. The van der Waals surface area contributed by atoms with Crippen LogP contribution in [0.3, 0.4) is 0 Å². The lowest BCUT2D eigenvalue weighted by atomic mass is 10.2. The molecule has 1 aromatic carbocycles. The summed E-state index contributed by atoms with van der Waals surface area (Å²) in [5, 5.41) is 9.56. The molecule has 1 aromatic rings. The third-order valence-electron chi connectivity index (χ3n) is 4.85. The van der Waals surface area contributed by atoms with Gasteiger partial charge in [-0.05, 0) is 31.4 Å². The Hall–Kier alpha value is -1.31. The fourth-order valence-electron chi connectivity index (χ4n) is 3.75. The minimum absolute atomic E-state index is 0.0165. The van der Waals surface area contributed by atoms with E-state index in [1.165, 1.54) is 4.31 Å². The third-order valence-corrected chi connectivity index (χ3v) is 6.79. The second-order valence-corrected chi connectivity index (χ2v) is 8.04. The van der Waals surface area contributed by atoms with Crippen LogP contribution in [-0.4, -0.2) is 56.2 Å². The zero-order chi connectivity index (χ0) is 15.3. The molecule has 1 N–H and O–H groups in total. The Labute approximate surface area is 130 Å². The molecule has 3 atom stereocenters. The molecule has 0 spiro atoms. The van der Waals surface area contributed by atoms with Gasteiger partial charge in [-0.25, -0.2) is 8.42 Å². The fourth-order valence-corrected chi connectivity index (χ4v) is 5.53. The highest BCUT2D eigenvalue weighted by molar-refractivity contribution is 7.89. The van der Waals surface area contributed by atoms with Gasteiger partial charge in [0.05, 0.1) is 24.9 Å². The van der Waals surface area contributed by atoms with Crippen molar-refractivity contribution in [2.24, 2.45) is 0 Å². The summed E-state index contributed by atoms with van der Waals surface area (Å²) in [5.41, 5.74) is 0.668. The van der Waals surface area contributed by atoms with Crippen molar-refractivity contribution in [3.63, 3.8) is 0 Å². The van der Waals surface area contributed by atoms with Gasteiger partial charge >= 0.3 is 0 Å². The van der Waals surface area contributed by atoms with E-state index in [1.807, 2.05) is 17.0 Å². The van der Waals surface area contributed by atoms with Gasteiger partial charge in [0.15, 0.2) is 0 Å². The Morgan fingerprint density at radius 2 is 2.14 bits per heavy atom. The predicted octanol–water partition coefficient (Wildman–Crippen LogP) is 0.803. The normalized spacial score (nSPS) is 32.4. The average molecular weight is 324 g/mol. The zero-order valence-corrected chi connectivity index (χ0v) is 13.1. The molecule has 0 aliphatic carbocycles. The molecule has 4 rings (SSSR count). The lowest BCUT2D eigenvalue weighted by molar-refractivity contribution is 0.215. The van der Waals surface area contributed by atoms with Gasteiger partial charge in [-0.15, -0.1) is 0 Å². The zero-order valence-electron chi connectivity index (χ0n) is 12.3. The van der Waals surface area contributed by atoms with E-state index in [1.54, 1.807) is 6.07 Å². The van der Waals surface area contributed by atoms with Crippen molar-refractivity contribution < 1.29 is 18.3 Å². The van der Waals surface area contributed by atoms with E-state index >= 15 is 0 Å². The number of anilines is 1. The number of sulfonamides is 1. The Bertz CT molecular complexity index is 691. The monoisotopic (exact) mass is 324 g/mol. The molecular weight excluding hydrogens is 304 g/mol. The second-order valence-electron chi connectivity index (χ2n) is 6.17. The number of benzene rings is 1. The largest absolute Gasteiger partial charge is 0.487 e. The SMILES string of the molecule is O=S1(=O)c2c(cccc2N2CCC[C@H]2CO)O[C@H]2CCN1C2. The summed E-state index contributed by atoms with van der Waals surface area (Å²) in [5.74, 6) is 0.452. The summed E-state index contributed by atoms with van der Waals surface area (Å²) < 4.78 is 33.5. The van der Waals surface area contributed by atoms with Crippen molar-refractivity contribution in [1.82, 2.24) is 4.31 Å². The van der Waals surface area contributed by atoms with Crippen LogP contribution in [0.2, 0.25) is 0 Å². The van der Waals surface area contributed by atoms with Gasteiger partial charge in [-0.3, -0.25) is 0 Å². The first-order valence-electron chi connectivity index (χ1n) is 7.78. The highest BCUT2D eigenvalue weighted by Gasteiger charge is 2.42. The number of nitrogens with zero attached hydrogens (tertiary/aromatic N) is 2. The maximum atomic E-state index is 13.0. The molecule has 6 nitrogen and oxygen atoms in total. The highest BCUT2D eigenvalue weighted by Crippen LogP contribution is 2.42. The van der Waals surface area contributed by atoms with E-state index in [9.17, 15) is 13.5 Å². The van der Waals surface area contributed by atoms with Gasteiger partial charge in [-0.2, -0.15) is 4.31 Å². The minimum Gasteiger partial charge on any atom is -0.487 e. The topological polar surface area (TPSA) is 70.1 Å². The summed E-state index contributed by atoms with van der Waals surface area (Å²) in [4.78, 5) is 2.29. The molecule has 0 aromatic heterocycles. The Kier molecular flexibility index (Phi) is 3.32. The first kappa shape index (κ1) is 14.3. The standard InChI is InChI=1S/C15H20N2O4S/c18-10-11-3-2-7-17(11)13-4-1-5-14-15(13)22(19,20)16-8-6-12(9-16)21-14/h1,4-5,11-12,18H,2-3,6-10H2/t11-,12-/m0/s1. The summed E-state index contributed by atoms with van der Waals surface area (Å²) >= 11 is 0. The fraction of sp³-hybridized carbons (Fsp3) is 0.600. The number of hydrogen-bond donors (Lipinski definition) is 1. The molecule has 3 aliphatic rings. The van der Waals surface area contributed by atoms with Crippen LogP contribution in [0.15, 0.2) is 23.1 Å². The van der Waals surface area contributed by atoms with Crippen molar-refractivity contribution >= 4 is 15.7 Å². The van der Waals surface area contributed by atoms with E-state index in [-0.39, 0.29) is 23.6 Å². The van der Waals surface area contributed by atoms with Crippen LogP contribution in [0.1, 0.15) is 19.3 Å². The number of ether oxygens (including phenoxy) is 1. The third kappa shape index (κ3) is 2.03. The van der Waals surface area contributed by atoms with Gasteiger partial charge < -0.3 is 14.7 Å². The molecule has 0 radical (unpaired) electrons. The summed E-state index contributed by atoms with van der Waals surface area (Å²) in [7, 11) is -3.54. The van der Waals surface area contributed by atoms with Crippen LogP contribution in [0.4, 0.5) is 5.69 Å². The molecule has 2 fully saturated rings. The molecule has 22 heavy (non-hydrogen) atoms. The maximum Gasteiger partial charge on any atom is 0.248 e. The van der Waals surface area contributed by atoms with Crippen LogP contribution < -0.4 is 9.64 Å². The lowest BCUT2D eigenvalue weighted by Gasteiger charge is -2.29. The Morgan fingerprint density at radius 1 is 1.27 bits per heavy atom. The van der Waals surface area contributed by atoms with Gasteiger partial charge in [0, 0.05) is 13.1 Å². The van der Waals surface area contributed by atoms with Gasteiger partial charge in [0.2, 0.25) is 10.0 Å². The minimum atomic E-state index is -3.54. The number of aliphatic hydroxyl groups excluding tert-OH is 1. The van der Waals surface area contributed by atoms with Crippen LogP contribution in [0, 0.1) is 0 Å². The first-order chi connectivity index (χ1) is 10.6. The summed E-state index contributed by atoms with van der Waals surface area (Å²) in [6.45, 7) is 1.75. The lowest BCUT2D eigenvalue weighted by Crippen LogP contribution is -2.35. The van der Waals surface area contributed by atoms with Crippen molar-refractivity contribution in [1.29, 1.82) is 0 Å². The molecule has 3 heterocycles. The number of hydrogen-bond acceptors (Lipinski definition) is 5. The summed E-state index contributed by atoms with van der Waals surface area (Å²) in [6.07, 6.45) is 2.53. The molecule has 0 amide bonds. The van der Waals surface area contributed by atoms with Crippen molar-refractivity contribution in [3.05, 3.63) is 18.2 Å². The van der Waals surface area contributed by atoms with E-state index in [2.05, 4.69) is 0 Å². The van der Waals surface area contributed by atoms with Crippen LogP contribution in [0.25, 0.3) is 0 Å².